The summed E-state index contributed by atoms with van der Waals surface area (Å²) in [7, 11) is 0. The van der Waals surface area contributed by atoms with Crippen molar-refractivity contribution in [1.29, 1.82) is 0 Å². The van der Waals surface area contributed by atoms with Crippen LogP contribution < -0.4 is 4.90 Å². The topological polar surface area (TPSA) is 67.2 Å². The van der Waals surface area contributed by atoms with E-state index in [2.05, 4.69) is 4.90 Å². The van der Waals surface area contributed by atoms with Gasteiger partial charge in [-0.2, -0.15) is 5.10 Å². The molecule has 1 amide bonds. The minimum atomic E-state index is 0.203. The van der Waals surface area contributed by atoms with Crippen LogP contribution in [0.25, 0.3) is 16.7 Å². The Morgan fingerprint density at radius 2 is 1.83 bits per heavy atom. The Labute approximate surface area is 175 Å². The number of piperazine rings is 1. The monoisotopic (exact) mass is 412 g/mol. The van der Waals surface area contributed by atoms with Gasteiger partial charge in [-0.1, -0.05) is 37.6 Å². The number of benzene rings is 1. The lowest BCUT2D eigenvalue weighted by Crippen LogP contribution is -2.49. The molecule has 0 unspecified atom stereocenters. The van der Waals surface area contributed by atoms with Gasteiger partial charge in [0.25, 0.3) is 0 Å². The highest BCUT2D eigenvalue weighted by Gasteiger charge is 2.26. The van der Waals surface area contributed by atoms with E-state index < -0.39 is 0 Å². The zero-order valence-corrected chi connectivity index (χ0v) is 17.8. The molecular weight excluding hydrogens is 388 g/mol. The lowest BCUT2D eigenvalue weighted by Gasteiger charge is -2.35. The molecule has 0 radical (unpaired) electrons. The molecule has 3 heterocycles. The van der Waals surface area contributed by atoms with Crippen molar-refractivity contribution < 1.29 is 4.79 Å². The van der Waals surface area contributed by atoms with E-state index in [1.807, 2.05) is 54.6 Å². The second kappa shape index (κ2) is 7.99. The maximum Gasteiger partial charge on any atom is 0.222 e. The minimum Gasteiger partial charge on any atom is -0.352 e. The quantitative estimate of drug-likeness (QED) is 0.657. The summed E-state index contributed by atoms with van der Waals surface area (Å²) >= 11 is 6.44. The van der Waals surface area contributed by atoms with Gasteiger partial charge in [0.05, 0.1) is 21.8 Å². The van der Waals surface area contributed by atoms with E-state index in [1.54, 1.807) is 0 Å². The Morgan fingerprint density at radius 1 is 1.10 bits per heavy atom. The van der Waals surface area contributed by atoms with Gasteiger partial charge in [0.2, 0.25) is 5.91 Å². The van der Waals surface area contributed by atoms with E-state index in [1.165, 1.54) is 0 Å². The third kappa shape index (κ3) is 3.55. The summed E-state index contributed by atoms with van der Waals surface area (Å²) in [5, 5.41) is 6.32. The number of aromatic nitrogens is 4. The third-order valence-electron chi connectivity index (χ3n) is 5.36. The summed E-state index contributed by atoms with van der Waals surface area (Å²) in [6.45, 7) is 8.84. The predicted molar refractivity (Wildman–Crippen MR) is 115 cm³/mol. The standard InChI is InChI=1S/C21H25ClN6O/c1-4-17-23-20(27-12-10-26(11-13-27)18(29)5-2)19-14(3)25-28(21(19)24-17)16-9-7-6-8-15(16)22/h6-9H,4-5,10-13H2,1-3H3. The molecule has 1 aromatic carbocycles. The van der Waals surface area contributed by atoms with Crippen LogP contribution in [0.2, 0.25) is 5.02 Å². The molecule has 2 aromatic heterocycles. The van der Waals surface area contributed by atoms with Gasteiger partial charge in [-0.05, 0) is 19.1 Å². The molecule has 0 aliphatic carbocycles. The van der Waals surface area contributed by atoms with Gasteiger partial charge in [0.1, 0.15) is 11.6 Å². The van der Waals surface area contributed by atoms with Gasteiger partial charge >= 0.3 is 0 Å². The van der Waals surface area contributed by atoms with Crippen molar-refractivity contribution in [3.05, 3.63) is 40.8 Å². The predicted octanol–water partition coefficient (Wildman–Crippen LogP) is 3.40. The van der Waals surface area contributed by atoms with Crippen molar-refractivity contribution in [3.8, 4) is 5.69 Å². The Kier molecular flexibility index (Phi) is 5.41. The number of aryl methyl sites for hydroxylation is 2. The van der Waals surface area contributed by atoms with E-state index in [4.69, 9.17) is 26.7 Å². The van der Waals surface area contributed by atoms with Crippen LogP contribution >= 0.6 is 11.6 Å². The van der Waals surface area contributed by atoms with E-state index in [9.17, 15) is 4.79 Å². The molecule has 7 nitrogen and oxygen atoms in total. The van der Waals surface area contributed by atoms with Crippen molar-refractivity contribution >= 4 is 34.4 Å². The van der Waals surface area contributed by atoms with E-state index in [0.29, 0.717) is 24.5 Å². The fourth-order valence-corrected chi connectivity index (χ4v) is 3.99. The SMILES string of the molecule is CCC(=O)N1CCN(c2nc(CC)nc3c2c(C)nn3-c2ccccc2Cl)CC1. The van der Waals surface area contributed by atoms with Gasteiger partial charge in [-0.3, -0.25) is 4.79 Å². The first-order chi connectivity index (χ1) is 14.0. The third-order valence-corrected chi connectivity index (χ3v) is 5.68. The zero-order valence-electron chi connectivity index (χ0n) is 17.0. The van der Waals surface area contributed by atoms with Crippen LogP contribution in [0.15, 0.2) is 24.3 Å². The lowest BCUT2D eigenvalue weighted by atomic mass is 10.2. The van der Waals surface area contributed by atoms with E-state index in [-0.39, 0.29) is 5.91 Å². The number of anilines is 1. The van der Waals surface area contributed by atoms with Gasteiger partial charge < -0.3 is 9.80 Å². The summed E-state index contributed by atoms with van der Waals surface area (Å²) in [5.74, 6) is 1.87. The largest absolute Gasteiger partial charge is 0.352 e. The van der Waals surface area contributed by atoms with E-state index >= 15 is 0 Å². The van der Waals surface area contributed by atoms with Crippen LogP contribution in [0.3, 0.4) is 0 Å². The average molecular weight is 413 g/mol. The molecule has 0 spiro atoms. The zero-order chi connectivity index (χ0) is 20.5. The number of halogens is 1. The number of fused-ring (bicyclic) bond motifs is 1. The molecule has 3 aromatic rings. The highest BCUT2D eigenvalue weighted by molar-refractivity contribution is 6.32. The Hall–Kier alpha value is -2.67. The van der Waals surface area contributed by atoms with Crippen molar-refractivity contribution in [2.24, 2.45) is 0 Å². The highest BCUT2D eigenvalue weighted by atomic mass is 35.5. The second-order valence-corrected chi connectivity index (χ2v) is 7.59. The van der Waals surface area contributed by atoms with Gasteiger partial charge in [0, 0.05) is 39.0 Å². The average Bonchev–Trinajstić information content (AvgIpc) is 3.09. The molecule has 1 fully saturated rings. The van der Waals surface area contributed by atoms with Crippen molar-refractivity contribution in [1.82, 2.24) is 24.6 Å². The number of carbonyl (C=O) groups excluding carboxylic acids is 1. The van der Waals surface area contributed by atoms with Crippen LogP contribution in [0.4, 0.5) is 5.82 Å². The first-order valence-electron chi connectivity index (χ1n) is 10.1. The van der Waals surface area contributed by atoms with Crippen LogP contribution in [0.1, 0.15) is 31.8 Å². The Bertz CT molecular complexity index is 1050. The molecule has 1 aliphatic rings. The molecule has 0 saturated carbocycles. The summed E-state index contributed by atoms with van der Waals surface area (Å²) in [4.78, 5) is 25.8. The summed E-state index contributed by atoms with van der Waals surface area (Å²) in [6, 6.07) is 7.64. The number of hydrogen-bond acceptors (Lipinski definition) is 5. The lowest BCUT2D eigenvalue weighted by molar-refractivity contribution is -0.131. The van der Waals surface area contributed by atoms with Gasteiger partial charge in [-0.25, -0.2) is 14.6 Å². The molecule has 0 atom stereocenters. The maximum atomic E-state index is 12.0. The molecule has 0 N–H and O–H groups in total. The van der Waals surface area contributed by atoms with E-state index in [0.717, 1.165) is 53.6 Å². The van der Waals surface area contributed by atoms with Crippen LogP contribution in [-0.4, -0.2) is 56.7 Å². The fraction of sp³-hybridized carbons (Fsp3) is 0.429. The van der Waals surface area contributed by atoms with Crippen LogP contribution in [0.5, 0.6) is 0 Å². The number of rotatable bonds is 4. The number of nitrogens with zero attached hydrogens (tertiary/aromatic N) is 6. The number of hydrogen-bond donors (Lipinski definition) is 0. The Morgan fingerprint density at radius 3 is 2.48 bits per heavy atom. The fourth-order valence-electron chi connectivity index (χ4n) is 3.78. The number of para-hydroxylation sites is 1. The highest BCUT2D eigenvalue weighted by Crippen LogP contribution is 2.31. The van der Waals surface area contributed by atoms with Crippen molar-refractivity contribution in [3.63, 3.8) is 0 Å². The molecule has 29 heavy (non-hydrogen) atoms. The number of amides is 1. The molecule has 8 heteroatoms. The minimum absolute atomic E-state index is 0.203. The first kappa shape index (κ1) is 19.6. The molecule has 0 bridgehead atoms. The van der Waals surface area contributed by atoms with Gasteiger partial charge in [0.15, 0.2) is 5.65 Å². The summed E-state index contributed by atoms with van der Waals surface area (Å²) < 4.78 is 1.81. The maximum absolute atomic E-state index is 12.0. The molecule has 4 rings (SSSR count). The molecular formula is C21H25ClN6O. The normalized spacial score (nSPS) is 14.6. The summed E-state index contributed by atoms with van der Waals surface area (Å²) in [6.07, 6.45) is 1.27. The number of carbonyl (C=O) groups is 1. The smallest absolute Gasteiger partial charge is 0.222 e. The van der Waals surface area contributed by atoms with Crippen LogP contribution in [0, 0.1) is 6.92 Å². The molecule has 1 saturated heterocycles. The van der Waals surface area contributed by atoms with Crippen molar-refractivity contribution in [2.75, 3.05) is 31.1 Å². The Balaban J connectivity index is 1.80. The molecule has 152 valence electrons. The second-order valence-electron chi connectivity index (χ2n) is 7.19. The summed E-state index contributed by atoms with van der Waals surface area (Å²) in [5.41, 5.74) is 2.44. The van der Waals surface area contributed by atoms with Crippen LogP contribution in [-0.2, 0) is 11.2 Å². The van der Waals surface area contributed by atoms with Gasteiger partial charge in [-0.15, -0.1) is 0 Å². The first-order valence-corrected chi connectivity index (χ1v) is 10.4. The molecule has 1 aliphatic heterocycles. The van der Waals surface area contributed by atoms with Crippen molar-refractivity contribution in [2.45, 2.75) is 33.6 Å².